The third-order valence-electron chi connectivity index (χ3n) is 3.23. The number of carbonyl (C=O) groups excluding carboxylic acids is 2. The van der Waals surface area contributed by atoms with Crippen molar-refractivity contribution in [2.45, 2.75) is 13.8 Å². The van der Waals surface area contributed by atoms with Crippen LogP contribution < -0.4 is 10.2 Å². The Bertz CT molecular complexity index is 730. The van der Waals surface area contributed by atoms with Gasteiger partial charge in [-0.25, -0.2) is 0 Å². The molecule has 120 valence electrons. The smallest absolute Gasteiger partial charge is 0.244 e. The predicted molar refractivity (Wildman–Crippen MR) is 94.3 cm³/mol. The van der Waals surface area contributed by atoms with E-state index in [1.165, 1.54) is 11.8 Å². The molecular formula is C17H16Cl2N2O2. The van der Waals surface area contributed by atoms with Gasteiger partial charge in [0.25, 0.3) is 0 Å². The van der Waals surface area contributed by atoms with E-state index in [4.69, 9.17) is 23.2 Å². The summed E-state index contributed by atoms with van der Waals surface area (Å²) < 4.78 is 0. The number of nitrogens with one attached hydrogen (secondary N) is 1. The standard InChI is InChI=1S/C17H16Cl2N2O2/c1-11-3-6-14(7-4-11)21(12(2)22)10-17(23)20-16-8-5-13(18)9-15(16)19/h3-9H,10H2,1-2H3,(H,20,23). The van der Waals surface area contributed by atoms with Crippen molar-refractivity contribution in [3.05, 3.63) is 58.1 Å². The van der Waals surface area contributed by atoms with Gasteiger partial charge in [-0.1, -0.05) is 40.9 Å². The summed E-state index contributed by atoms with van der Waals surface area (Å²) in [5, 5.41) is 3.51. The lowest BCUT2D eigenvalue weighted by molar-refractivity contribution is -0.120. The second kappa shape index (κ2) is 7.49. The Balaban J connectivity index is 2.12. The van der Waals surface area contributed by atoms with Crippen LogP contribution in [0.25, 0.3) is 0 Å². The number of rotatable bonds is 4. The van der Waals surface area contributed by atoms with Crippen molar-refractivity contribution in [3.63, 3.8) is 0 Å². The highest BCUT2D eigenvalue weighted by atomic mass is 35.5. The fraction of sp³-hybridized carbons (Fsp3) is 0.176. The maximum atomic E-state index is 12.2. The Labute approximate surface area is 145 Å². The van der Waals surface area contributed by atoms with Crippen LogP contribution in [0.15, 0.2) is 42.5 Å². The molecule has 0 aromatic heterocycles. The zero-order valence-corrected chi connectivity index (χ0v) is 14.3. The van der Waals surface area contributed by atoms with E-state index in [-0.39, 0.29) is 18.4 Å². The third-order valence-corrected chi connectivity index (χ3v) is 3.78. The van der Waals surface area contributed by atoms with Crippen LogP contribution >= 0.6 is 23.2 Å². The molecule has 0 unspecified atom stereocenters. The lowest BCUT2D eigenvalue weighted by Crippen LogP contribution is -2.36. The highest BCUT2D eigenvalue weighted by molar-refractivity contribution is 6.36. The number of benzene rings is 2. The minimum Gasteiger partial charge on any atom is -0.323 e. The fourth-order valence-corrected chi connectivity index (χ4v) is 2.49. The highest BCUT2D eigenvalue weighted by Gasteiger charge is 2.16. The molecule has 0 radical (unpaired) electrons. The van der Waals surface area contributed by atoms with E-state index in [0.717, 1.165) is 5.56 Å². The molecule has 2 rings (SSSR count). The van der Waals surface area contributed by atoms with Gasteiger partial charge in [-0.15, -0.1) is 0 Å². The molecule has 6 heteroatoms. The van der Waals surface area contributed by atoms with Crippen molar-refractivity contribution in [1.82, 2.24) is 0 Å². The highest BCUT2D eigenvalue weighted by Crippen LogP contribution is 2.25. The van der Waals surface area contributed by atoms with Crippen LogP contribution in [0, 0.1) is 6.92 Å². The molecule has 0 aliphatic rings. The summed E-state index contributed by atoms with van der Waals surface area (Å²) >= 11 is 11.8. The molecule has 0 bridgehead atoms. The number of amides is 2. The second-order valence-corrected chi connectivity index (χ2v) is 5.96. The van der Waals surface area contributed by atoms with Gasteiger partial charge < -0.3 is 10.2 Å². The Kier molecular flexibility index (Phi) is 5.64. The van der Waals surface area contributed by atoms with Crippen LogP contribution in [0.4, 0.5) is 11.4 Å². The van der Waals surface area contributed by atoms with Gasteiger partial charge in [0.05, 0.1) is 10.7 Å². The molecule has 0 spiro atoms. The molecule has 0 atom stereocenters. The first-order valence-corrected chi connectivity index (χ1v) is 7.72. The minimum absolute atomic E-state index is 0.0999. The molecule has 0 aliphatic carbocycles. The summed E-state index contributed by atoms with van der Waals surface area (Å²) in [5.41, 5.74) is 2.20. The average molecular weight is 351 g/mol. The Morgan fingerprint density at radius 1 is 1.09 bits per heavy atom. The summed E-state index contributed by atoms with van der Waals surface area (Å²) in [6.07, 6.45) is 0. The first kappa shape index (κ1) is 17.3. The maximum Gasteiger partial charge on any atom is 0.244 e. The van der Waals surface area contributed by atoms with Crippen LogP contribution in [-0.2, 0) is 9.59 Å². The molecule has 2 aromatic carbocycles. The van der Waals surface area contributed by atoms with Gasteiger partial charge >= 0.3 is 0 Å². The number of aryl methyl sites for hydroxylation is 1. The van der Waals surface area contributed by atoms with Crippen molar-refractivity contribution < 1.29 is 9.59 Å². The summed E-state index contributed by atoms with van der Waals surface area (Å²) in [5.74, 6) is -0.559. The number of carbonyl (C=O) groups is 2. The largest absolute Gasteiger partial charge is 0.323 e. The van der Waals surface area contributed by atoms with E-state index >= 15 is 0 Å². The lowest BCUT2D eigenvalue weighted by Gasteiger charge is -2.21. The van der Waals surface area contributed by atoms with Crippen molar-refractivity contribution in [1.29, 1.82) is 0 Å². The van der Waals surface area contributed by atoms with Crippen LogP contribution in [0.5, 0.6) is 0 Å². The van der Waals surface area contributed by atoms with E-state index < -0.39 is 0 Å². The summed E-state index contributed by atoms with van der Waals surface area (Å²) in [4.78, 5) is 25.4. The van der Waals surface area contributed by atoms with Gasteiger partial charge in [0, 0.05) is 17.6 Å². The lowest BCUT2D eigenvalue weighted by atomic mass is 10.2. The topological polar surface area (TPSA) is 49.4 Å². The molecule has 0 aliphatic heterocycles. The Morgan fingerprint density at radius 2 is 1.74 bits per heavy atom. The van der Waals surface area contributed by atoms with Crippen molar-refractivity contribution >= 4 is 46.4 Å². The minimum atomic E-state index is -0.343. The molecule has 0 saturated heterocycles. The summed E-state index contributed by atoms with van der Waals surface area (Å²) in [7, 11) is 0. The summed E-state index contributed by atoms with van der Waals surface area (Å²) in [6, 6.07) is 12.2. The predicted octanol–water partition coefficient (Wildman–Crippen LogP) is 4.29. The number of hydrogen-bond donors (Lipinski definition) is 1. The van der Waals surface area contributed by atoms with Crippen molar-refractivity contribution in [2.24, 2.45) is 0 Å². The van der Waals surface area contributed by atoms with Gasteiger partial charge in [0.1, 0.15) is 6.54 Å². The van der Waals surface area contributed by atoms with Crippen LogP contribution in [-0.4, -0.2) is 18.4 Å². The van der Waals surface area contributed by atoms with Gasteiger partial charge in [0.15, 0.2) is 0 Å². The molecular weight excluding hydrogens is 335 g/mol. The van der Waals surface area contributed by atoms with E-state index in [9.17, 15) is 9.59 Å². The Morgan fingerprint density at radius 3 is 2.30 bits per heavy atom. The second-order valence-electron chi connectivity index (χ2n) is 5.11. The fourth-order valence-electron chi connectivity index (χ4n) is 2.03. The van der Waals surface area contributed by atoms with E-state index in [0.29, 0.717) is 21.4 Å². The molecule has 2 amide bonds. The molecule has 0 heterocycles. The van der Waals surface area contributed by atoms with E-state index in [1.54, 1.807) is 30.3 Å². The van der Waals surface area contributed by atoms with Gasteiger partial charge in [-0.3, -0.25) is 9.59 Å². The zero-order chi connectivity index (χ0) is 17.0. The molecule has 2 aromatic rings. The molecule has 1 N–H and O–H groups in total. The zero-order valence-electron chi connectivity index (χ0n) is 12.8. The number of halogens is 2. The molecule has 23 heavy (non-hydrogen) atoms. The summed E-state index contributed by atoms with van der Waals surface area (Å²) in [6.45, 7) is 3.27. The van der Waals surface area contributed by atoms with Crippen LogP contribution in [0.1, 0.15) is 12.5 Å². The van der Waals surface area contributed by atoms with Gasteiger partial charge in [-0.2, -0.15) is 0 Å². The van der Waals surface area contributed by atoms with Gasteiger partial charge in [0.2, 0.25) is 11.8 Å². The van der Waals surface area contributed by atoms with Gasteiger partial charge in [-0.05, 0) is 37.3 Å². The number of anilines is 2. The first-order chi connectivity index (χ1) is 10.9. The third kappa shape index (κ3) is 4.71. The van der Waals surface area contributed by atoms with E-state index in [1.807, 2.05) is 19.1 Å². The first-order valence-electron chi connectivity index (χ1n) is 6.96. The van der Waals surface area contributed by atoms with Crippen LogP contribution in [0.3, 0.4) is 0 Å². The number of nitrogens with zero attached hydrogens (tertiary/aromatic N) is 1. The normalized spacial score (nSPS) is 10.3. The SMILES string of the molecule is CC(=O)N(CC(=O)Nc1ccc(Cl)cc1Cl)c1ccc(C)cc1. The maximum absolute atomic E-state index is 12.2. The molecule has 0 fully saturated rings. The molecule has 0 saturated carbocycles. The number of hydrogen-bond acceptors (Lipinski definition) is 2. The van der Waals surface area contributed by atoms with E-state index in [2.05, 4.69) is 5.32 Å². The molecule has 4 nitrogen and oxygen atoms in total. The monoisotopic (exact) mass is 350 g/mol. The average Bonchev–Trinajstić information content (AvgIpc) is 2.48. The Hall–Kier alpha value is -2.04. The van der Waals surface area contributed by atoms with Crippen molar-refractivity contribution in [2.75, 3.05) is 16.8 Å². The van der Waals surface area contributed by atoms with Crippen LogP contribution in [0.2, 0.25) is 10.0 Å². The van der Waals surface area contributed by atoms with Crippen molar-refractivity contribution in [3.8, 4) is 0 Å². The quantitative estimate of drug-likeness (QED) is 0.893.